The summed E-state index contributed by atoms with van der Waals surface area (Å²) in [7, 11) is 1.76. The predicted octanol–water partition coefficient (Wildman–Crippen LogP) is 4.10. The van der Waals surface area contributed by atoms with Crippen LogP contribution in [-0.2, 0) is 16.0 Å². The van der Waals surface area contributed by atoms with E-state index in [1.165, 1.54) is 17.7 Å². The van der Waals surface area contributed by atoms with Gasteiger partial charge < -0.3 is 20.9 Å². The average molecular weight is 490 g/mol. The molecule has 2 aromatic rings. The molecule has 0 radical (unpaired) electrons. The molecule has 3 unspecified atom stereocenters. The van der Waals surface area contributed by atoms with Crippen LogP contribution in [0, 0.1) is 11.8 Å². The highest BCUT2D eigenvalue weighted by Gasteiger charge is 2.39. The Hall–Kier alpha value is -2.93. The third-order valence-corrected chi connectivity index (χ3v) is 8.57. The molecule has 36 heavy (non-hydrogen) atoms. The van der Waals surface area contributed by atoms with Crippen LogP contribution in [0.5, 0.6) is 0 Å². The number of carbonyl (C=O) groups is 2. The molecular formula is C29H39N5O2. The number of nitrogens with zero attached hydrogens (tertiary/aromatic N) is 3. The van der Waals surface area contributed by atoms with Crippen molar-refractivity contribution in [2.45, 2.75) is 69.9 Å². The number of primary amides is 1. The lowest BCUT2D eigenvalue weighted by molar-refractivity contribution is -0.139. The van der Waals surface area contributed by atoms with Gasteiger partial charge in [0.05, 0.1) is 12.1 Å². The number of rotatable bonds is 8. The molecule has 5 rings (SSSR count). The number of para-hydroxylation sites is 1. The normalized spacial score (nSPS) is 21.9. The number of hydrogen-bond acceptors (Lipinski definition) is 5. The summed E-state index contributed by atoms with van der Waals surface area (Å²) in [6.45, 7) is 1.68. The van der Waals surface area contributed by atoms with E-state index in [0.717, 1.165) is 69.4 Å². The van der Waals surface area contributed by atoms with E-state index in [4.69, 9.17) is 10.7 Å². The summed E-state index contributed by atoms with van der Waals surface area (Å²) in [5.74, 6) is 0.897. The van der Waals surface area contributed by atoms with Crippen molar-refractivity contribution in [3.05, 3.63) is 53.7 Å². The highest BCUT2D eigenvalue weighted by Crippen LogP contribution is 2.40. The van der Waals surface area contributed by atoms with Crippen LogP contribution in [0.4, 0.5) is 11.5 Å². The van der Waals surface area contributed by atoms with Gasteiger partial charge in [0, 0.05) is 30.9 Å². The molecule has 1 saturated heterocycles. The van der Waals surface area contributed by atoms with E-state index < -0.39 is 6.04 Å². The van der Waals surface area contributed by atoms with Crippen molar-refractivity contribution in [2.75, 3.05) is 25.0 Å². The highest BCUT2D eigenvalue weighted by molar-refractivity contribution is 5.83. The molecule has 3 heterocycles. The van der Waals surface area contributed by atoms with Gasteiger partial charge in [-0.1, -0.05) is 37.5 Å². The molecule has 0 spiro atoms. The number of aromatic nitrogens is 1. The number of nitrogens with one attached hydrogen (secondary N) is 1. The quantitative estimate of drug-likeness (QED) is 0.583. The van der Waals surface area contributed by atoms with Crippen molar-refractivity contribution in [3.63, 3.8) is 0 Å². The molecule has 2 fully saturated rings. The lowest BCUT2D eigenvalue weighted by Crippen LogP contribution is -2.46. The van der Waals surface area contributed by atoms with Crippen molar-refractivity contribution in [1.29, 1.82) is 0 Å². The maximum atomic E-state index is 14.1. The number of carbonyl (C=O) groups excluding carboxylic acids is 2. The van der Waals surface area contributed by atoms with E-state index in [-0.39, 0.29) is 23.8 Å². The van der Waals surface area contributed by atoms with Gasteiger partial charge in [-0.15, -0.1) is 0 Å². The number of likely N-dealkylation sites (tertiary alicyclic amines) is 1. The largest absolute Gasteiger partial charge is 0.368 e. The average Bonchev–Trinajstić information content (AvgIpc) is 3.57. The number of hydrogen-bond donors (Lipinski definition) is 2. The van der Waals surface area contributed by atoms with Crippen LogP contribution in [-0.4, -0.2) is 47.9 Å². The number of amides is 2. The van der Waals surface area contributed by atoms with Crippen LogP contribution in [0.25, 0.3) is 0 Å². The van der Waals surface area contributed by atoms with Crippen molar-refractivity contribution >= 4 is 23.3 Å². The molecule has 7 nitrogen and oxygen atoms in total. The zero-order valence-corrected chi connectivity index (χ0v) is 21.4. The number of pyridine rings is 1. The topological polar surface area (TPSA) is 91.6 Å². The Morgan fingerprint density at radius 2 is 1.89 bits per heavy atom. The Kier molecular flexibility index (Phi) is 7.56. The SMILES string of the molecule is CNC(CC(C(=O)N1CCCC1c1ccnc(N2CCc3ccccc32)c1)C1CCCCC1)C(N)=O. The Morgan fingerprint density at radius 3 is 2.67 bits per heavy atom. The van der Waals surface area contributed by atoms with Crippen LogP contribution in [0.2, 0.25) is 0 Å². The van der Waals surface area contributed by atoms with Gasteiger partial charge in [0.2, 0.25) is 11.8 Å². The number of fused-ring (bicyclic) bond motifs is 1. The molecule has 1 saturated carbocycles. The van der Waals surface area contributed by atoms with Gasteiger partial charge in [0.25, 0.3) is 0 Å². The number of likely N-dealkylation sites (N-methyl/N-ethyl adjacent to an activating group) is 1. The summed E-state index contributed by atoms with van der Waals surface area (Å²) in [5, 5.41) is 3.05. The minimum absolute atomic E-state index is 0.0461. The fourth-order valence-electron chi connectivity index (χ4n) is 6.62. The molecule has 1 aromatic carbocycles. The third-order valence-electron chi connectivity index (χ3n) is 8.57. The molecule has 7 heteroatoms. The molecule has 0 bridgehead atoms. The zero-order valence-electron chi connectivity index (χ0n) is 21.4. The van der Waals surface area contributed by atoms with E-state index in [1.54, 1.807) is 7.05 Å². The molecule has 192 valence electrons. The lowest BCUT2D eigenvalue weighted by atomic mass is 9.76. The summed E-state index contributed by atoms with van der Waals surface area (Å²) < 4.78 is 0. The first-order valence-electron chi connectivity index (χ1n) is 13.6. The molecule has 3 N–H and O–H groups in total. The second kappa shape index (κ2) is 11.0. The predicted molar refractivity (Wildman–Crippen MR) is 142 cm³/mol. The van der Waals surface area contributed by atoms with Gasteiger partial charge in [-0.2, -0.15) is 0 Å². The molecular weight excluding hydrogens is 450 g/mol. The molecule has 2 aliphatic heterocycles. The van der Waals surface area contributed by atoms with Crippen LogP contribution < -0.4 is 16.0 Å². The van der Waals surface area contributed by atoms with E-state index in [1.807, 2.05) is 6.20 Å². The highest BCUT2D eigenvalue weighted by atomic mass is 16.2. The molecule has 3 atom stereocenters. The van der Waals surface area contributed by atoms with Crippen molar-refractivity contribution in [3.8, 4) is 0 Å². The van der Waals surface area contributed by atoms with Gasteiger partial charge >= 0.3 is 0 Å². The number of nitrogens with two attached hydrogens (primary N) is 1. The molecule has 1 aromatic heterocycles. The summed E-state index contributed by atoms with van der Waals surface area (Å²) >= 11 is 0. The Bertz CT molecular complexity index is 1080. The maximum absolute atomic E-state index is 14.1. The van der Waals surface area contributed by atoms with Gasteiger partial charge in [0.1, 0.15) is 5.82 Å². The van der Waals surface area contributed by atoms with E-state index in [9.17, 15) is 9.59 Å². The second-order valence-corrected chi connectivity index (χ2v) is 10.7. The lowest BCUT2D eigenvalue weighted by Gasteiger charge is -2.36. The van der Waals surface area contributed by atoms with Gasteiger partial charge in [-0.25, -0.2) is 4.98 Å². The standard InChI is InChI=1S/C29H39N5O2/c1-31-24(28(30)35)19-23(20-8-3-2-4-9-20)29(36)34-16-7-12-26(34)22-13-15-32-27(18-22)33-17-14-21-10-5-6-11-25(21)33/h5-6,10-11,13,15,18,20,23-24,26,31H,2-4,7-9,12,14,16-17,19H2,1H3,(H2,30,35). The summed E-state index contributed by atoms with van der Waals surface area (Å²) in [6, 6.07) is 12.3. The Labute approximate surface area is 214 Å². The van der Waals surface area contributed by atoms with E-state index >= 15 is 0 Å². The van der Waals surface area contributed by atoms with Crippen LogP contribution >= 0.6 is 0 Å². The Balaban J connectivity index is 1.39. The first-order chi connectivity index (χ1) is 17.6. The number of anilines is 2. The monoisotopic (exact) mass is 489 g/mol. The fourth-order valence-corrected chi connectivity index (χ4v) is 6.62. The van der Waals surface area contributed by atoms with Gasteiger partial charge in [0.15, 0.2) is 0 Å². The van der Waals surface area contributed by atoms with Gasteiger partial charge in [-0.05, 0) is 80.8 Å². The number of benzene rings is 1. The molecule has 1 aliphatic carbocycles. The second-order valence-electron chi connectivity index (χ2n) is 10.7. The van der Waals surface area contributed by atoms with Gasteiger partial charge in [-0.3, -0.25) is 9.59 Å². The van der Waals surface area contributed by atoms with Crippen molar-refractivity contribution in [1.82, 2.24) is 15.2 Å². The molecule has 3 aliphatic rings. The fraction of sp³-hybridized carbons (Fsp3) is 0.552. The van der Waals surface area contributed by atoms with E-state index in [2.05, 4.69) is 51.5 Å². The maximum Gasteiger partial charge on any atom is 0.234 e. The minimum Gasteiger partial charge on any atom is -0.368 e. The zero-order chi connectivity index (χ0) is 25.1. The van der Waals surface area contributed by atoms with Crippen LogP contribution in [0.1, 0.15) is 68.5 Å². The Morgan fingerprint density at radius 1 is 1.08 bits per heavy atom. The van der Waals surface area contributed by atoms with Crippen molar-refractivity contribution < 1.29 is 9.59 Å². The minimum atomic E-state index is -0.482. The summed E-state index contributed by atoms with van der Waals surface area (Å²) in [4.78, 5) is 35.3. The van der Waals surface area contributed by atoms with E-state index in [0.29, 0.717) is 12.3 Å². The van der Waals surface area contributed by atoms with Crippen LogP contribution in [0.15, 0.2) is 42.6 Å². The molecule has 2 amide bonds. The summed E-state index contributed by atoms with van der Waals surface area (Å²) in [6.07, 6.45) is 11.0. The first kappa shape index (κ1) is 24.8. The smallest absolute Gasteiger partial charge is 0.234 e. The first-order valence-corrected chi connectivity index (χ1v) is 13.6. The summed E-state index contributed by atoms with van der Waals surface area (Å²) in [5.41, 5.74) is 9.40. The van der Waals surface area contributed by atoms with Crippen LogP contribution in [0.3, 0.4) is 0 Å². The third kappa shape index (κ3) is 4.99. The van der Waals surface area contributed by atoms with Crippen molar-refractivity contribution in [2.24, 2.45) is 17.6 Å².